The Hall–Kier alpha value is -1.62. The monoisotopic (exact) mass is 280 g/mol. The van der Waals surface area contributed by atoms with Gasteiger partial charge in [-0.15, -0.1) is 0 Å². The first kappa shape index (κ1) is 13.4. The fourth-order valence-electron chi connectivity index (χ4n) is 2.83. The number of H-pyrrole nitrogens is 1. The average Bonchev–Trinajstić information content (AvgIpc) is 2.86. The van der Waals surface area contributed by atoms with Gasteiger partial charge in [-0.05, 0) is 36.4 Å². The molecule has 0 radical (unpaired) electrons. The highest BCUT2D eigenvalue weighted by Crippen LogP contribution is 2.42. The van der Waals surface area contributed by atoms with Crippen LogP contribution in [0.4, 0.5) is 8.78 Å². The van der Waals surface area contributed by atoms with E-state index in [0.717, 1.165) is 22.3 Å². The van der Waals surface area contributed by atoms with Crippen LogP contribution in [-0.2, 0) is 5.54 Å². The Bertz CT molecular complexity index is 626. The second-order valence-corrected chi connectivity index (χ2v) is 5.65. The van der Waals surface area contributed by atoms with Crippen molar-refractivity contribution in [2.75, 3.05) is 7.11 Å². The van der Waals surface area contributed by atoms with Gasteiger partial charge in [0.05, 0.1) is 12.6 Å². The molecule has 1 heterocycles. The highest BCUT2D eigenvalue weighted by Gasteiger charge is 2.42. The molecule has 1 aliphatic rings. The number of benzene rings is 1. The first-order valence-corrected chi connectivity index (χ1v) is 6.76. The van der Waals surface area contributed by atoms with Crippen LogP contribution in [0.3, 0.4) is 0 Å². The number of methoxy groups -OCH3 is 1. The van der Waals surface area contributed by atoms with Crippen molar-refractivity contribution < 1.29 is 13.5 Å². The van der Waals surface area contributed by atoms with Crippen molar-refractivity contribution in [3.63, 3.8) is 0 Å². The highest BCUT2D eigenvalue weighted by atomic mass is 19.3. The molecular weight excluding hydrogens is 262 g/mol. The zero-order chi connectivity index (χ0) is 14.4. The zero-order valence-electron chi connectivity index (χ0n) is 11.4. The molecule has 1 aromatic heterocycles. The van der Waals surface area contributed by atoms with Gasteiger partial charge in [0, 0.05) is 30.1 Å². The molecule has 0 unspecified atom stereocenters. The smallest absolute Gasteiger partial charge is 0.248 e. The van der Waals surface area contributed by atoms with Crippen LogP contribution in [0.1, 0.15) is 31.4 Å². The summed E-state index contributed by atoms with van der Waals surface area (Å²) in [5.41, 5.74) is 7.40. The maximum atomic E-state index is 13.3. The maximum Gasteiger partial charge on any atom is 0.248 e. The van der Waals surface area contributed by atoms with E-state index < -0.39 is 11.5 Å². The van der Waals surface area contributed by atoms with E-state index in [1.165, 1.54) is 0 Å². The van der Waals surface area contributed by atoms with E-state index >= 15 is 0 Å². The van der Waals surface area contributed by atoms with Crippen molar-refractivity contribution >= 4 is 10.9 Å². The van der Waals surface area contributed by atoms with Crippen LogP contribution in [0.25, 0.3) is 10.9 Å². The van der Waals surface area contributed by atoms with E-state index in [2.05, 4.69) is 4.98 Å². The summed E-state index contributed by atoms with van der Waals surface area (Å²) < 4.78 is 31.7. The molecular formula is C15H18F2N2O. The Morgan fingerprint density at radius 3 is 2.50 bits per heavy atom. The van der Waals surface area contributed by atoms with Gasteiger partial charge < -0.3 is 15.5 Å². The summed E-state index contributed by atoms with van der Waals surface area (Å²) in [5, 5.41) is 1.02. The third kappa shape index (κ3) is 2.26. The van der Waals surface area contributed by atoms with Gasteiger partial charge in [0.2, 0.25) is 5.92 Å². The first-order chi connectivity index (χ1) is 9.42. The van der Waals surface area contributed by atoms with E-state index in [9.17, 15) is 8.78 Å². The van der Waals surface area contributed by atoms with Crippen molar-refractivity contribution in [1.29, 1.82) is 0 Å². The quantitative estimate of drug-likeness (QED) is 0.884. The van der Waals surface area contributed by atoms with Crippen LogP contribution >= 0.6 is 0 Å². The fraction of sp³-hybridized carbons (Fsp3) is 0.467. The summed E-state index contributed by atoms with van der Waals surface area (Å²) in [4.78, 5) is 3.26. The van der Waals surface area contributed by atoms with Gasteiger partial charge >= 0.3 is 0 Å². The molecule has 0 bridgehead atoms. The van der Waals surface area contributed by atoms with Crippen LogP contribution < -0.4 is 10.5 Å². The molecule has 3 rings (SSSR count). The summed E-state index contributed by atoms with van der Waals surface area (Å²) in [5.74, 6) is -1.81. The molecule has 2 aromatic rings. The van der Waals surface area contributed by atoms with Gasteiger partial charge in [0.15, 0.2) is 0 Å². The van der Waals surface area contributed by atoms with E-state index in [0.29, 0.717) is 12.8 Å². The standard InChI is InChI=1S/C15H18F2N2O/c1-20-11-3-2-10-8-13(19-12(10)9-11)14(18)4-6-15(16,17)7-5-14/h2-3,8-9,19H,4-7,18H2,1H3. The molecule has 3 nitrogen and oxygen atoms in total. The number of nitrogens with two attached hydrogens (primary N) is 1. The number of alkyl halides is 2. The molecule has 1 aliphatic carbocycles. The van der Waals surface area contributed by atoms with Gasteiger partial charge in [0.1, 0.15) is 5.75 Å². The molecule has 0 saturated heterocycles. The molecule has 1 aromatic carbocycles. The van der Waals surface area contributed by atoms with Crippen LogP contribution in [0.5, 0.6) is 5.75 Å². The number of rotatable bonds is 2. The number of aromatic amines is 1. The summed E-state index contributed by atoms with van der Waals surface area (Å²) >= 11 is 0. The minimum atomic E-state index is -2.57. The van der Waals surface area contributed by atoms with Crippen molar-refractivity contribution in [2.24, 2.45) is 5.73 Å². The number of hydrogen-bond donors (Lipinski definition) is 2. The van der Waals surface area contributed by atoms with E-state index in [1.54, 1.807) is 7.11 Å². The summed E-state index contributed by atoms with van der Waals surface area (Å²) in [6.45, 7) is 0. The predicted octanol–water partition coefficient (Wildman–Crippen LogP) is 3.54. The topological polar surface area (TPSA) is 51.0 Å². The summed E-state index contributed by atoms with van der Waals surface area (Å²) in [6, 6.07) is 7.66. The summed E-state index contributed by atoms with van der Waals surface area (Å²) in [6.07, 6.45) is 0.290. The molecule has 5 heteroatoms. The van der Waals surface area contributed by atoms with Gasteiger partial charge in [-0.2, -0.15) is 0 Å². The molecule has 0 amide bonds. The lowest BCUT2D eigenvalue weighted by Gasteiger charge is -2.36. The Morgan fingerprint density at radius 2 is 1.85 bits per heavy atom. The van der Waals surface area contributed by atoms with E-state index in [4.69, 9.17) is 10.5 Å². The lowest BCUT2D eigenvalue weighted by molar-refractivity contribution is -0.0518. The van der Waals surface area contributed by atoms with Crippen LogP contribution in [0.15, 0.2) is 24.3 Å². The van der Waals surface area contributed by atoms with Crippen LogP contribution in [0, 0.1) is 0 Å². The number of aromatic nitrogens is 1. The Labute approximate surface area is 116 Å². The zero-order valence-corrected chi connectivity index (χ0v) is 11.4. The minimum Gasteiger partial charge on any atom is -0.497 e. The molecule has 1 fully saturated rings. The molecule has 0 atom stereocenters. The third-order valence-corrected chi connectivity index (χ3v) is 4.24. The van der Waals surface area contributed by atoms with Gasteiger partial charge in [0.25, 0.3) is 0 Å². The third-order valence-electron chi connectivity index (χ3n) is 4.24. The van der Waals surface area contributed by atoms with E-state index in [-0.39, 0.29) is 12.8 Å². The number of ether oxygens (including phenoxy) is 1. The molecule has 108 valence electrons. The molecule has 0 aliphatic heterocycles. The Kier molecular flexibility index (Phi) is 2.97. The molecule has 20 heavy (non-hydrogen) atoms. The number of nitrogens with one attached hydrogen (secondary N) is 1. The van der Waals surface area contributed by atoms with Crippen molar-refractivity contribution in [3.8, 4) is 5.75 Å². The highest BCUT2D eigenvalue weighted by molar-refractivity contribution is 5.82. The minimum absolute atomic E-state index is 0.151. The average molecular weight is 280 g/mol. The normalized spacial score (nSPS) is 21.0. The summed E-state index contributed by atoms with van der Waals surface area (Å²) in [7, 11) is 1.61. The molecule has 3 N–H and O–H groups in total. The van der Waals surface area contributed by atoms with Gasteiger partial charge in [-0.1, -0.05) is 0 Å². The van der Waals surface area contributed by atoms with Crippen molar-refractivity contribution in [3.05, 3.63) is 30.0 Å². The number of hydrogen-bond acceptors (Lipinski definition) is 2. The van der Waals surface area contributed by atoms with Crippen molar-refractivity contribution in [2.45, 2.75) is 37.1 Å². The lowest BCUT2D eigenvalue weighted by atomic mass is 9.78. The van der Waals surface area contributed by atoms with Crippen LogP contribution in [-0.4, -0.2) is 18.0 Å². The van der Waals surface area contributed by atoms with Crippen LogP contribution in [0.2, 0.25) is 0 Å². The molecule has 0 spiro atoms. The maximum absolute atomic E-state index is 13.3. The van der Waals surface area contributed by atoms with Crippen molar-refractivity contribution in [1.82, 2.24) is 4.98 Å². The number of halogens is 2. The van der Waals surface area contributed by atoms with Gasteiger partial charge in [-0.25, -0.2) is 8.78 Å². The first-order valence-electron chi connectivity index (χ1n) is 6.76. The second kappa shape index (κ2) is 4.45. The largest absolute Gasteiger partial charge is 0.497 e. The molecule has 1 saturated carbocycles. The van der Waals surface area contributed by atoms with E-state index in [1.807, 2.05) is 24.3 Å². The Balaban J connectivity index is 1.94. The fourth-order valence-corrected chi connectivity index (χ4v) is 2.83. The predicted molar refractivity (Wildman–Crippen MR) is 74.1 cm³/mol. The lowest BCUT2D eigenvalue weighted by Crippen LogP contribution is -2.43. The Morgan fingerprint density at radius 1 is 1.15 bits per heavy atom. The SMILES string of the molecule is COc1ccc2cc(C3(N)CCC(F)(F)CC3)[nH]c2c1. The second-order valence-electron chi connectivity index (χ2n) is 5.65. The van der Waals surface area contributed by atoms with Gasteiger partial charge in [-0.3, -0.25) is 0 Å². The number of fused-ring (bicyclic) bond motifs is 1.